The molecule has 3 heterocycles. The van der Waals surface area contributed by atoms with Gasteiger partial charge in [0.25, 0.3) is 5.91 Å². The van der Waals surface area contributed by atoms with Crippen molar-refractivity contribution >= 4 is 39.9 Å². The highest BCUT2D eigenvalue weighted by Gasteiger charge is 2.45. The van der Waals surface area contributed by atoms with Gasteiger partial charge in [0, 0.05) is 28.9 Å². The lowest BCUT2D eigenvalue weighted by Crippen LogP contribution is -2.47. The summed E-state index contributed by atoms with van der Waals surface area (Å²) >= 11 is 7.50. The molecule has 3 aromatic rings. The second kappa shape index (κ2) is 8.33. The van der Waals surface area contributed by atoms with Crippen LogP contribution in [0.3, 0.4) is 0 Å². The number of rotatable bonds is 4. The lowest BCUT2D eigenvalue weighted by Gasteiger charge is -2.36. The third-order valence-electron chi connectivity index (χ3n) is 6.36. The van der Waals surface area contributed by atoms with Crippen LogP contribution in [-0.4, -0.2) is 33.4 Å². The van der Waals surface area contributed by atoms with E-state index in [0.29, 0.717) is 35.4 Å². The summed E-state index contributed by atoms with van der Waals surface area (Å²) in [5.41, 5.74) is 1.74. The van der Waals surface area contributed by atoms with Crippen molar-refractivity contribution < 1.29 is 14.1 Å². The molecule has 0 bridgehead atoms. The van der Waals surface area contributed by atoms with E-state index in [1.165, 1.54) is 11.3 Å². The molecule has 1 N–H and O–H groups in total. The van der Waals surface area contributed by atoms with Gasteiger partial charge in [-0.05, 0) is 37.5 Å². The molecule has 0 saturated heterocycles. The van der Waals surface area contributed by atoms with Crippen molar-refractivity contribution in [3.05, 3.63) is 62.9 Å². The zero-order valence-corrected chi connectivity index (χ0v) is 19.3. The van der Waals surface area contributed by atoms with Crippen molar-refractivity contribution in [3.8, 4) is 0 Å². The molecule has 1 fully saturated rings. The van der Waals surface area contributed by atoms with Crippen LogP contribution in [0, 0.1) is 6.92 Å². The van der Waals surface area contributed by atoms with Crippen LogP contribution in [0.2, 0.25) is 5.02 Å². The molecule has 9 heteroatoms. The fraction of sp³-hybridized carbons (Fsp3) is 0.391. The topological polar surface area (TPSA) is 88.3 Å². The van der Waals surface area contributed by atoms with Gasteiger partial charge in [-0.3, -0.25) is 14.9 Å². The Labute approximate surface area is 194 Å². The molecule has 1 saturated carbocycles. The molecule has 0 spiro atoms. The molecule has 1 aliphatic heterocycles. The highest BCUT2D eigenvalue weighted by Crippen LogP contribution is 2.44. The van der Waals surface area contributed by atoms with Gasteiger partial charge in [0.2, 0.25) is 5.91 Å². The summed E-state index contributed by atoms with van der Waals surface area (Å²) in [7, 11) is 0. The number of nitrogens with zero attached hydrogens (tertiary/aromatic N) is 3. The van der Waals surface area contributed by atoms with Gasteiger partial charge in [-0.1, -0.05) is 53.1 Å². The van der Waals surface area contributed by atoms with E-state index in [2.05, 4.69) is 15.5 Å². The lowest BCUT2D eigenvalue weighted by molar-refractivity contribution is -0.138. The van der Waals surface area contributed by atoms with E-state index in [1.807, 2.05) is 29.2 Å². The number of hydrogen-bond acceptors (Lipinski definition) is 6. The Kier molecular flexibility index (Phi) is 5.51. The van der Waals surface area contributed by atoms with Gasteiger partial charge in [-0.2, -0.15) is 0 Å². The van der Waals surface area contributed by atoms with Crippen LogP contribution in [0.4, 0.5) is 5.13 Å². The number of carbonyl (C=O) groups is 2. The minimum atomic E-state index is -0.478. The van der Waals surface area contributed by atoms with Crippen molar-refractivity contribution in [2.75, 3.05) is 11.9 Å². The average molecular weight is 471 g/mol. The number of carbonyl (C=O) groups excluding carboxylic acids is 2. The molecule has 2 amide bonds. The second-order valence-electron chi connectivity index (χ2n) is 8.44. The standard InChI is InChI=1S/C23H23ClN4O3S/c1-14-12-18(27-31-14)20(29)26-22-25-17-8-11-28(13-19(17)32-22)21(30)23(9-2-3-10-23)15-4-6-16(24)7-5-15/h4-7,12H,2-3,8-11,13H2,1H3,(H,25,26,29). The number of amides is 2. The quantitative estimate of drug-likeness (QED) is 0.594. The van der Waals surface area contributed by atoms with E-state index >= 15 is 0 Å². The predicted molar refractivity (Wildman–Crippen MR) is 122 cm³/mol. The van der Waals surface area contributed by atoms with Gasteiger partial charge >= 0.3 is 0 Å². The second-order valence-corrected chi connectivity index (χ2v) is 9.96. The summed E-state index contributed by atoms with van der Waals surface area (Å²) in [6, 6.07) is 9.31. The minimum Gasteiger partial charge on any atom is -0.361 e. The number of hydrogen-bond donors (Lipinski definition) is 1. The lowest BCUT2D eigenvalue weighted by atomic mass is 9.77. The fourth-order valence-electron chi connectivity index (χ4n) is 4.73. The minimum absolute atomic E-state index is 0.181. The monoisotopic (exact) mass is 470 g/mol. The maximum absolute atomic E-state index is 13.8. The number of anilines is 1. The van der Waals surface area contributed by atoms with Crippen LogP contribution in [0.15, 0.2) is 34.9 Å². The van der Waals surface area contributed by atoms with Crippen molar-refractivity contribution in [1.82, 2.24) is 15.0 Å². The molecule has 1 aromatic carbocycles. The molecule has 32 heavy (non-hydrogen) atoms. The van der Waals surface area contributed by atoms with E-state index in [-0.39, 0.29) is 17.5 Å². The summed E-state index contributed by atoms with van der Waals surface area (Å²) in [5.74, 6) is 0.401. The molecular weight excluding hydrogens is 448 g/mol. The van der Waals surface area contributed by atoms with Crippen molar-refractivity contribution in [1.29, 1.82) is 0 Å². The molecule has 5 rings (SSSR count). The molecule has 0 radical (unpaired) electrons. The Morgan fingerprint density at radius 3 is 2.66 bits per heavy atom. The number of thiazole rings is 1. The molecule has 2 aliphatic rings. The van der Waals surface area contributed by atoms with E-state index in [4.69, 9.17) is 16.1 Å². The van der Waals surface area contributed by atoms with Crippen LogP contribution in [-0.2, 0) is 23.2 Å². The third-order valence-corrected chi connectivity index (χ3v) is 7.61. The van der Waals surface area contributed by atoms with Crippen molar-refractivity contribution in [2.24, 2.45) is 0 Å². The summed E-state index contributed by atoms with van der Waals surface area (Å²) in [6.45, 7) is 2.87. The smallest absolute Gasteiger partial charge is 0.279 e. The van der Waals surface area contributed by atoms with E-state index in [1.54, 1.807) is 13.0 Å². The van der Waals surface area contributed by atoms with Crippen LogP contribution in [0.5, 0.6) is 0 Å². The molecular formula is C23H23ClN4O3S. The number of fused-ring (bicyclic) bond motifs is 1. The zero-order chi connectivity index (χ0) is 22.3. The summed E-state index contributed by atoms with van der Waals surface area (Å²) in [4.78, 5) is 33.7. The fourth-order valence-corrected chi connectivity index (χ4v) is 5.88. The van der Waals surface area contributed by atoms with E-state index < -0.39 is 5.41 Å². The number of aromatic nitrogens is 2. The molecule has 1 aliphatic carbocycles. The Morgan fingerprint density at radius 2 is 1.97 bits per heavy atom. The van der Waals surface area contributed by atoms with Gasteiger partial charge in [-0.25, -0.2) is 4.98 Å². The summed E-state index contributed by atoms with van der Waals surface area (Å²) in [6.07, 6.45) is 4.49. The Balaban J connectivity index is 1.34. The summed E-state index contributed by atoms with van der Waals surface area (Å²) in [5, 5.41) is 7.73. The van der Waals surface area contributed by atoms with Crippen LogP contribution in [0.1, 0.15) is 58.1 Å². The van der Waals surface area contributed by atoms with Crippen molar-refractivity contribution in [2.45, 2.75) is 51.0 Å². The highest BCUT2D eigenvalue weighted by atomic mass is 35.5. The Morgan fingerprint density at radius 1 is 1.22 bits per heavy atom. The normalized spacial score (nSPS) is 17.2. The van der Waals surface area contributed by atoms with Crippen LogP contribution in [0.25, 0.3) is 0 Å². The predicted octanol–water partition coefficient (Wildman–Crippen LogP) is 4.74. The Hall–Kier alpha value is -2.71. The zero-order valence-electron chi connectivity index (χ0n) is 17.7. The van der Waals surface area contributed by atoms with Gasteiger partial charge in [0.15, 0.2) is 10.8 Å². The van der Waals surface area contributed by atoms with Gasteiger partial charge in [0.1, 0.15) is 5.76 Å². The Bertz CT molecular complexity index is 1160. The maximum atomic E-state index is 13.8. The molecule has 7 nitrogen and oxygen atoms in total. The summed E-state index contributed by atoms with van der Waals surface area (Å²) < 4.78 is 4.97. The number of benzene rings is 1. The largest absolute Gasteiger partial charge is 0.361 e. The maximum Gasteiger partial charge on any atom is 0.279 e. The van der Waals surface area contributed by atoms with E-state index in [0.717, 1.165) is 41.8 Å². The van der Waals surface area contributed by atoms with E-state index in [9.17, 15) is 9.59 Å². The first-order valence-electron chi connectivity index (χ1n) is 10.7. The molecule has 166 valence electrons. The SMILES string of the molecule is Cc1cc(C(=O)Nc2nc3c(s2)CN(C(=O)C2(c4ccc(Cl)cc4)CCCC2)CC3)no1. The third kappa shape index (κ3) is 3.82. The highest BCUT2D eigenvalue weighted by molar-refractivity contribution is 7.15. The van der Waals surface area contributed by atoms with Crippen molar-refractivity contribution in [3.63, 3.8) is 0 Å². The van der Waals surface area contributed by atoms with Gasteiger partial charge < -0.3 is 9.42 Å². The average Bonchev–Trinajstić information content (AvgIpc) is 3.52. The molecule has 0 atom stereocenters. The molecule has 0 unspecified atom stereocenters. The number of aryl methyl sites for hydroxylation is 1. The first-order valence-corrected chi connectivity index (χ1v) is 11.9. The number of nitrogens with one attached hydrogen (secondary N) is 1. The first kappa shape index (κ1) is 21.2. The van der Waals surface area contributed by atoms with Crippen LogP contribution < -0.4 is 5.32 Å². The first-order chi connectivity index (χ1) is 15.4. The van der Waals surface area contributed by atoms with Gasteiger partial charge in [-0.15, -0.1) is 0 Å². The molecule has 2 aromatic heterocycles. The number of halogens is 1. The van der Waals surface area contributed by atoms with Crippen LogP contribution >= 0.6 is 22.9 Å². The van der Waals surface area contributed by atoms with Gasteiger partial charge in [0.05, 0.1) is 17.7 Å².